The minimum atomic E-state index is -4.02. The first-order valence-corrected chi connectivity index (χ1v) is 24.6. The first kappa shape index (κ1) is 53.3. The summed E-state index contributed by atoms with van der Waals surface area (Å²) in [4.78, 5) is 37.1. The molecule has 6 atom stereocenters. The Kier molecular flexibility index (Phi) is 18.4. The van der Waals surface area contributed by atoms with Gasteiger partial charge < -0.3 is 44.6 Å². The molecule has 5 aromatic rings. The summed E-state index contributed by atoms with van der Waals surface area (Å²) in [5, 5.41) is 34.8. The van der Waals surface area contributed by atoms with Crippen molar-refractivity contribution >= 4 is 43.9 Å². The predicted molar refractivity (Wildman–Crippen MR) is 263 cm³/mol. The minimum absolute atomic E-state index is 0. The van der Waals surface area contributed by atoms with Gasteiger partial charge in [-0.25, -0.2) is 0 Å². The number of aliphatic hydroxyl groups is 3. The Morgan fingerprint density at radius 1 is 0.716 bits per heavy atom. The third kappa shape index (κ3) is 12.9. The van der Waals surface area contributed by atoms with E-state index in [9.17, 15) is 33.3 Å². The molecular weight excluding hydrogens is 873 g/mol. The summed E-state index contributed by atoms with van der Waals surface area (Å²) in [6.45, 7) is 7.96. The molecular formula is C52H74N4O10S. The number of para-hydroxylation sites is 2. The number of hydrogen-bond acceptors (Lipinski definition) is 12. The maximum Gasteiger partial charge on any atom is 0.314 e. The van der Waals surface area contributed by atoms with Crippen LogP contribution < -0.4 is 0 Å². The molecule has 2 aliphatic rings. The second-order valence-corrected chi connectivity index (χ2v) is 20.4. The molecule has 4 heterocycles. The second-order valence-electron chi connectivity index (χ2n) is 18.8. The number of nitrogens with one attached hydrogen (secondary N) is 2. The Balaban J connectivity index is 0.000000258. The Labute approximate surface area is 397 Å². The van der Waals surface area contributed by atoms with Gasteiger partial charge in [0.05, 0.1) is 48.8 Å². The SMILES string of the molecule is C.CC[C@]1(O)C[C@H](CO)CC(C(=O)OC)c2[nH]c3ccccc3c2CCN(C)C1.CC[C@]1(O)C[C@H](COS(=O)(=O)c2ccc(C)cc2)CC(C(=O)OC)c2[nH]c3ccccc3c2CCN(C)C1. The molecule has 7 rings (SSSR count). The lowest BCUT2D eigenvalue weighted by Crippen LogP contribution is -2.43. The molecule has 2 aliphatic heterocycles. The Bertz CT molecular complexity index is 2520. The molecule has 0 saturated heterocycles. The lowest BCUT2D eigenvalue weighted by atomic mass is 9.82. The maximum absolute atomic E-state index is 13.2. The lowest BCUT2D eigenvalue weighted by molar-refractivity contribution is -0.144. The average molecular weight is 947 g/mol. The van der Waals surface area contributed by atoms with Gasteiger partial charge in [-0.15, -0.1) is 0 Å². The van der Waals surface area contributed by atoms with Gasteiger partial charge in [0.15, 0.2) is 0 Å². The highest BCUT2D eigenvalue weighted by atomic mass is 32.2. The van der Waals surface area contributed by atoms with Crippen LogP contribution in [-0.2, 0) is 46.2 Å². The van der Waals surface area contributed by atoms with E-state index in [0.29, 0.717) is 51.7 Å². The van der Waals surface area contributed by atoms with Crippen LogP contribution in [0.2, 0.25) is 0 Å². The van der Waals surface area contributed by atoms with Crippen LogP contribution in [0.4, 0.5) is 0 Å². The fourth-order valence-corrected chi connectivity index (χ4v) is 11.0. The fraction of sp³-hybridized carbons (Fsp3) is 0.538. The maximum atomic E-state index is 13.2. The highest BCUT2D eigenvalue weighted by Gasteiger charge is 2.38. The fourth-order valence-electron chi connectivity index (χ4n) is 10.1. The van der Waals surface area contributed by atoms with Crippen molar-refractivity contribution in [3.8, 4) is 0 Å². The number of likely N-dealkylation sites (N-methyl/N-ethyl adjacent to an activating group) is 2. The summed E-state index contributed by atoms with van der Waals surface area (Å²) < 4.78 is 41.9. The molecule has 2 aromatic heterocycles. The van der Waals surface area contributed by atoms with Crippen LogP contribution in [0.1, 0.15) is 99.7 Å². The number of carbonyl (C=O) groups excluding carboxylic acids is 2. The normalized spacial score (nSPS) is 24.7. The Morgan fingerprint density at radius 2 is 1.15 bits per heavy atom. The molecule has 0 bridgehead atoms. The van der Waals surface area contributed by atoms with E-state index in [1.807, 2.05) is 77.3 Å². The molecule has 15 heteroatoms. The van der Waals surface area contributed by atoms with Crippen LogP contribution in [0.25, 0.3) is 21.8 Å². The van der Waals surface area contributed by atoms with Crippen molar-refractivity contribution in [2.75, 3.05) is 67.7 Å². The number of aryl methyl sites for hydroxylation is 1. The number of β-amino-alcohol motifs (C(OH)–C–C–N with tert-alkyl or cyclic N) is 2. The van der Waals surface area contributed by atoms with E-state index in [-0.39, 0.29) is 50.3 Å². The third-order valence-corrected chi connectivity index (χ3v) is 15.1. The molecule has 2 unspecified atom stereocenters. The first-order chi connectivity index (χ1) is 31.5. The minimum Gasteiger partial charge on any atom is -0.469 e. The summed E-state index contributed by atoms with van der Waals surface area (Å²) in [6.07, 6.45) is 3.98. The standard InChI is InChI=1S/C29H38N2O6S.C22H32N2O4.CH4/c1-5-29(33)17-21(18-37-38(34,35)22-12-10-20(2)11-13-22)16-25(28(32)36-4)27-24(14-15-31(3)19-29)23-8-6-7-9-26(23)30-27;1-4-22(27)12-15(13-25)11-18(21(26)28-3)20-17(9-10-24(2)14-22)16-7-5-6-8-19(16)23-20;/h6-13,21,25,30,33H,5,14-19H2,1-4H3;5-8,15,18,23,25,27H,4,9-14H2,1-3H3;1H4/t21-,25?,29+;15-,18?,22+;/m11./s1. The number of methoxy groups -OCH3 is 2. The van der Waals surface area contributed by atoms with E-state index in [1.165, 1.54) is 26.4 Å². The van der Waals surface area contributed by atoms with Gasteiger partial charge in [0, 0.05) is 66.0 Å². The van der Waals surface area contributed by atoms with Crippen LogP contribution in [0.3, 0.4) is 0 Å². The van der Waals surface area contributed by atoms with E-state index in [2.05, 4.69) is 25.8 Å². The summed E-state index contributed by atoms with van der Waals surface area (Å²) in [5.74, 6) is -2.50. The summed E-state index contributed by atoms with van der Waals surface area (Å²) in [5.41, 5.74) is 4.74. The summed E-state index contributed by atoms with van der Waals surface area (Å²) >= 11 is 0. The van der Waals surface area contributed by atoms with E-state index in [1.54, 1.807) is 12.1 Å². The Morgan fingerprint density at radius 3 is 1.58 bits per heavy atom. The predicted octanol–water partition coefficient (Wildman–Crippen LogP) is 7.24. The van der Waals surface area contributed by atoms with Crippen molar-refractivity contribution in [1.29, 1.82) is 0 Å². The number of benzene rings is 3. The van der Waals surface area contributed by atoms with Crippen molar-refractivity contribution in [2.45, 2.75) is 107 Å². The number of rotatable bonds is 9. The number of carbonyl (C=O) groups is 2. The molecule has 0 fully saturated rings. The van der Waals surface area contributed by atoms with Crippen molar-refractivity contribution in [3.05, 3.63) is 101 Å². The van der Waals surface area contributed by atoms with Gasteiger partial charge in [0.1, 0.15) is 0 Å². The van der Waals surface area contributed by atoms with Crippen molar-refractivity contribution in [3.63, 3.8) is 0 Å². The third-order valence-electron chi connectivity index (χ3n) is 13.8. The number of hydrogen-bond donors (Lipinski definition) is 5. The van der Waals surface area contributed by atoms with Gasteiger partial charge in [0.2, 0.25) is 0 Å². The number of nitrogens with zero attached hydrogens (tertiary/aromatic N) is 2. The van der Waals surface area contributed by atoms with Crippen LogP contribution >= 0.6 is 0 Å². The zero-order chi connectivity index (χ0) is 47.8. The zero-order valence-corrected chi connectivity index (χ0v) is 40.5. The summed E-state index contributed by atoms with van der Waals surface area (Å²) in [7, 11) is 2.73. The first-order valence-electron chi connectivity index (χ1n) is 23.2. The van der Waals surface area contributed by atoms with Crippen molar-refractivity contribution in [2.24, 2.45) is 11.8 Å². The van der Waals surface area contributed by atoms with E-state index >= 15 is 0 Å². The van der Waals surface area contributed by atoms with E-state index in [0.717, 1.165) is 62.8 Å². The topological polar surface area (TPSA) is 195 Å². The zero-order valence-electron chi connectivity index (χ0n) is 39.6. The second kappa shape index (κ2) is 23.1. The van der Waals surface area contributed by atoms with Gasteiger partial charge >= 0.3 is 11.9 Å². The van der Waals surface area contributed by atoms with Crippen LogP contribution in [-0.4, -0.2) is 134 Å². The monoisotopic (exact) mass is 947 g/mol. The molecule has 368 valence electrons. The van der Waals surface area contributed by atoms with Gasteiger partial charge in [-0.2, -0.15) is 8.42 Å². The number of H-pyrrole nitrogens is 2. The van der Waals surface area contributed by atoms with Gasteiger partial charge in [-0.3, -0.25) is 13.8 Å². The molecule has 14 nitrogen and oxygen atoms in total. The molecule has 0 amide bonds. The lowest BCUT2D eigenvalue weighted by Gasteiger charge is -2.34. The number of fused-ring (bicyclic) bond motifs is 6. The molecule has 0 saturated carbocycles. The van der Waals surface area contributed by atoms with Crippen molar-refractivity contribution in [1.82, 2.24) is 19.8 Å². The number of aromatic amines is 2. The number of aromatic nitrogens is 2. The van der Waals surface area contributed by atoms with E-state index in [4.69, 9.17) is 13.7 Å². The van der Waals surface area contributed by atoms with Crippen molar-refractivity contribution < 1.29 is 47.0 Å². The molecule has 5 N–H and O–H groups in total. The van der Waals surface area contributed by atoms with Gasteiger partial charge in [-0.1, -0.05) is 75.4 Å². The van der Waals surface area contributed by atoms with Crippen LogP contribution in [0, 0.1) is 18.8 Å². The smallest absolute Gasteiger partial charge is 0.314 e. The summed E-state index contributed by atoms with van der Waals surface area (Å²) in [6, 6.07) is 22.5. The van der Waals surface area contributed by atoms with E-state index < -0.39 is 45.0 Å². The quantitative estimate of drug-likeness (QED) is 0.0736. The van der Waals surface area contributed by atoms with Crippen LogP contribution in [0.5, 0.6) is 0 Å². The highest BCUT2D eigenvalue weighted by Crippen LogP contribution is 2.39. The molecule has 0 radical (unpaired) electrons. The number of ether oxygens (including phenoxy) is 2. The molecule has 3 aromatic carbocycles. The molecule has 67 heavy (non-hydrogen) atoms. The molecule has 0 aliphatic carbocycles. The van der Waals surface area contributed by atoms with Gasteiger partial charge in [-0.05, 0) is 120 Å². The largest absolute Gasteiger partial charge is 0.469 e. The number of aliphatic hydroxyl groups excluding tert-OH is 1. The number of esters is 2. The highest BCUT2D eigenvalue weighted by molar-refractivity contribution is 7.86. The van der Waals surface area contributed by atoms with Crippen LogP contribution in [0.15, 0.2) is 77.7 Å². The van der Waals surface area contributed by atoms with Gasteiger partial charge in [0.25, 0.3) is 10.1 Å². The Hall–Kier alpha value is -4.61. The molecule has 0 spiro atoms. The average Bonchev–Trinajstić information content (AvgIpc) is 3.86.